The normalized spacial score (nSPS) is 25.0. The van der Waals surface area contributed by atoms with Crippen molar-refractivity contribution in [3.63, 3.8) is 0 Å². The predicted octanol–water partition coefficient (Wildman–Crippen LogP) is 2.10. The number of carbonyl (C=O) groups is 1. The zero-order valence-electron chi connectivity index (χ0n) is 8.01. The van der Waals surface area contributed by atoms with Gasteiger partial charge in [0.2, 0.25) is 0 Å². The molecule has 2 nitrogen and oxygen atoms in total. The molecule has 1 aliphatic heterocycles. The van der Waals surface area contributed by atoms with Gasteiger partial charge in [-0.15, -0.1) is 0 Å². The number of anilines is 1. The van der Waals surface area contributed by atoms with Gasteiger partial charge >= 0.3 is 0 Å². The van der Waals surface area contributed by atoms with Crippen LogP contribution in [0, 0.1) is 5.82 Å². The third-order valence-corrected chi connectivity index (χ3v) is 2.84. The van der Waals surface area contributed by atoms with Crippen molar-refractivity contribution in [2.45, 2.75) is 18.8 Å². The SMILES string of the molecule is CC1(C=O)CCNc2c(F)cccc21. The molecule has 0 radical (unpaired) electrons. The van der Waals surface area contributed by atoms with Crippen molar-refractivity contribution in [3.8, 4) is 0 Å². The lowest BCUT2D eigenvalue weighted by Gasteiger charge is -2.31. The second-order valence-corrected chi connectivity index (χ2v) is 3.87. The molecule has 1 N–H and O–H groups in total. The lowest BCUT2D eigenvalue weighted by Crippen LogP contribution is -2.33. The maximum absolute atomic E-state index is 13.4. The summed E-state index contributed by atoms with van der Waals surface area (Å²) in [5.74, 6) is -0.282. The van der Waals surface area contributed by atoms with Gasteiger partial charge in [-0.3, -0.25) is 0 Å². The van der Waals surface area contributed by atoms with Gasteiger partial charge in [-0.25, -0.2) is 4.39 Å². The topological polar surface area (TPSA) is 29.1 Å². The average molecular weight is 193 g/mol. The molecule has 1 atom stereocenters. The summed E-state index contributed by atoms with van der Waals surface area (Å²) in [5.41, 5.74) is 0.704. The highest BCUT2D eigenvalue weighted by atomic mass is 19.1. The molecule has 1 aliphatic rings. The summed E-state index contributed by atoms with van der Waals surface area (Å²) in [6, 6.07) is 4.85. The van der Waals surface area contributed by atoms with E-state index in [1.165, 1.54) is 6.07 Å². The highest BCUT2D eigenvalue weighted by Crippen LogP contribution is 2.36. The number of fused-ring (bicyclic) bond motifs is 1. The van der Waals surface area contributed by atoms with Crippen LogP contribution in [0.5, 0.6) is 0 Å². The van der Waals surface area contributed by atoms with Crippen molar-refractivity contribution in [1.29, 1.82) is 0 Å². The van der Waals surface area contributed by atoms with E-state index in [9.17, 15) is 9.18 Å². The highest BCUT2D eigenvalue weighted by molar-refractivity contribution is 5.75. The first-order chi connectivity index (χ1) is 6.67. The lowest BCUT2D eigenvalue weighted by atomic mass is 9.78. The van der Waals surface area contributed by atoms with Gasteiger partial charge in [0, 0.05) is 6.54 Å². The van der Waals surface area contributed by atoms with E-state index in [0.717, 1.165) is 11.8 Å². The molecule has 1 heterocycles. The van der Waals surface area contributed by atoms with Crippen LogP contribution in [0.4, 0.5) is 10.1 Å². The van der Waals surface area contributed by atoms with Crippen molar-refractivity contribution >= 4 is 12.0 Å². The summed E-state index contributed by atoms with van der Waals surface area (Å²) < 4.78 is 13.4. The number of hydrogen-bond donors (Lipinski definition) is 1. The molecule has 0 aliphatic carbocycles. The van der Waals surface area contributed by atoms with Crippen LogP contribution in [0.15, 0.2) is 18.2 Å². The van der Waals surface area contributed by atoms with Gasteiger partial charge in [0.15, 0.2) is 0 Å². The zero-order valence-corrected chi connectivity index (χ0v) is 8.01. The maximum atomic E-state index is 13.4. The molecular formula is C11H12FNO. The minimum atomic E-state index is -0.539. The summed E-state index contributed by atoms with van der Waals surface area (Å²) in [6.07, 6.45) is 1.62. The fourth-order valence-corrected chi connectivity index (χ4v) is 1.88. The van der Waals surface area contributed by atoms with Crippen molar-refractivity contribution in [3.05, 3.63) is 29.6 Å². The first-order valence-corrected chi connectivity index (χ1v) is 4.66. The highest BCUT2D eigenvalue weighted by Gasteiger charge is 2.32. The number of rotatable bonds is 1. The quantitative estimate of drug-likeness (QED) is 0.692. The number of para-hydroxylation sites is 1. The molecule has 0 aromatic heterocycles. The molecule has 0 spiro atoms. The van der Waals surface area contributed by atoms with Crippen LogP contribution in [0.2, 0.25) is 0 Å². The summed E-state index contributed by atoms with van der Waals surface area (Å²) in [4.78, 5) is 11.0. The van der Waals surface area contributed by atoms with E-state index >= 15 is 0 Å². The van der Waals surface area contributed by atoms with E-state index in [0.29, 0.717) is 18.7 Å². The Hall–Kier alpha value is -1.38. The smallest absolute Gasteiger partial charge is 0.146 e. The zero-order chi connectivity index (χ0) is 10.2. The largest absolute Gasteiger partial charge is 0.382 e. The predicted molar refractivity (Wildman–Crippen MR) is 52.9 cm³/mol. The van der Waals surface area contributed by atoms with Crippen LogP contribution in [0.3, 0.4) is 0 Å². The van der Waals surface area contributed by atoms with Crippen LogP contribution in [-0.4, -0.2) is 12.8 Å². The molecule has 2 rings (SSSR count). The Morgan fingerprint density at radius 2 is 2.36 bits per heavy atom. The Kier molecular flexibility index (Phi) is 2.02. The van der Waals surface area contributed by atoms with Crippen LogP contribution < -0.4 is 5.32 Å². The lowest BCUT2D eigenvalue weighted by molar-refractivity contribution is -0.112. The molecule has 0 saturated heterocycles. The number of benzene rings is 1. The van der Waals surface area contributed by atoms with Crippen LogP contribution in [-0.2, 0) is 10.2 Å². The van der Waals surface area contributed by atoms with E-state index in [1.54, 1.807) is 12.1 Å². The summed E-state index contributed by atoms with van der Waals surface area (Å²) in [7, 11) is 0. The molecule has 74 valence electrons. The van der Waals surface area contributed by atoms with E-state index < -0.39 is 5.41 Å². The van der Waals surface area contributed by atoms with Crippen LogP contribution in [0.1, 0.15) is 18.9 Å². The molecule has 0 bridgehead atoms. The van der Waals surface area contributed by atoms with Gasteiger partial charge in [0.25, 0.3) is 0 Å². The first kappa shape index (κ1) is 9.19. The molecule has 0 fully saturated rings. The first-order valence-electron chi connectivity index (χ1n) is 4.66. The van der Waals surface area contributed by atoms with E-state index in [2.05, 4.69) is 5.32 Å². The second kappa shape index (κ2) is 3.08. The summed E-state index contributed by atoms with van der Waals surface area (Å²) in [6.45, 7) is 2.49. The number of halogens is 1. The Morgan fingerprint density at radius 3 is 3.07 bits per heavy atom. The van der Waals surface area contributed by atoms with E-state index in [-0.39, 0.29) is 5.82 Å². The van der Waals surface area contributed by atoms with Gasteiger partial charge in [-0.05, 0) is 25.0 Å². The van der Waals surface area contributed by atoms with Gasteiger partial charge in [0.05, 0.1) is 11.1 Å². The third kappa shape index (κ3) is 1.20. The Bertz CT molecular complexity index is 378. The number of aldehydes is 1. The number of carbonyl (C=O) groups excluding carboxylic acids is 1. The minimum absolute atomic E-state index is 0.282. The van der Waals surface area contributed by atoms with Gasteiger partial charge < -0.3 is 10.1 Å². The van der Waals surface area contributed by atoms with Gasteiger partial charge in [-0.2, -0.15) is 0 Å². The average Bonchev–Trinajstić information content (AvgIpc) is 2.20. The minimum Gasteiger partial charge on any atom is -0.382 e. The number of hydrogen-bond acceptors (Lipinski definition) is 2. The van der Waals surface area contributed by atoms with Crippen molar-refractivity contribution in [2.24, 2.45) is 0 Å². The third-order valence-electron chi connectivity index (χ3n) is 2.84. The van der Waals surface area contributed by atoms with Crippen molar-refractivity contribution < 1.29 is 9.18 Å². The Labute approximate surface area is 82.1 Å². The van der Waals surface area contributed by atoms with Gasteiger partial charge in [0.1, 0.15) is 12.1 Å². The molecule has 0 saturated carbocycles. The van der Waals surface area contributed by atoms with Crippen LogP contribution in [0.25, 0.3) is 0 Å². The van der Waals surface area contributed by atoms with Crippen LogP contribution >= 0.6 is 0 Å². The molecule has 1 aromatic carbocycles. The molecule has 14 heavy (non-hydrogen) atoms. The Morgan fingerprint density at radius 1 is 1.57 bits per heavy atom. The fraction of sp³-hybridized carbons (Fsp3) is 0.364. The number of nitrogens with one attached hydrogen (secondary N) is 1. The van der Waals surface area contributed by atoms with Crippen molar-refractivity contribution in [1.82, 2.24) is 0 Å². The molecule has 3 heteroatoms. The molecule has 1 aromatic rings. The summed E-state index contributed by atoms with van der Waals surface area (Å²) >= 11 is 0. The van der Waals surface area contributed by atoms with Crippen molar-refractivity contribution in [2.75, 3.05) is 11.9 Å². The Balaban J connectivity index is 2.60. The van der Waals surface area contributed by atoms with E-state index in [4.69, 9.17) is 0 Å². The molecule has 1 unspecified atom stereocenters. The monoisotopic (exact) mass is 193 g/mol. The van der Waals surface area contributed by atoms with E-state index in [1.807, 2.05) is 6.92 Å². The fourth-order valence-electron chi connectivity index (χ4n) is 1.88. The standard InChI is InChI=1S/C11H12FNO/c1-11(7-14)5-6-13-10-8(11)3-2-4-9(10)12/h2-4,7,13H,5-6H2,1H3. The van der Waals surface area contributed by atoms with Gasteiger partial charge in [-0.1, -0.05) is 12.1 Å². The second-order valence-electron chi connectivity index (χ2n) is 3.87. The summed E-state index contributed by atoms with van der Waals surface area (Å²) in [5, 5.41) is 2.99. The molecular weight excluding hydrogens is 181 g/mol. The maximum Gasteiger partial charge on any atom is 0.146 e. The molecule has 0 amide bonds.